The smallest absolute Gasteiger partial charge is 0.337 e. The summed E-state index contributed by atoms with van der Waals surface area (Å²) in [6.45, 7) is 3.45. The number of hydrogen-bond acceptors (Lipinski definition) is 6. The molecule has 0 bridgehead atoms. The van der Waals surface area contributed by atoms with Gasteiger partial charge < -0.3 is 14.5 Å². The van der Waals surface area contributed by atoms with Crippen LogP contribution in [0, 0.1) is 6.92 Å². The lowest BCUT2D eigenvalue weighted by molar-refractivity contribution is 0.0600. The van der Waals surface area contributed by atoms with E-state index in [1.54, 1.807) is 44.2 Å². The van der Waals surface area contributed by atoms with E-state index in [0.29, 0.717) is 33.4 Å². The number of aryl methyl sites for hydroxylation is 1. The molecule has 0 spiro atoms. The molecule has 26 heavy (non-hydrogen) atoms. The first kappa shape index (κ1) is 17.9. The Morgan fingerprint density at radius 3 is 2.58 bits per heavy atom. The average Bonchev–Trinajstić information content (AvgIpc) is 2.60. The van der Waals surface area contributed by atoms with Gasteiger partial charge in [-0.25, -0.2) is 14.8 Å². The van der Waals surface area contributed by atoms with E-state index in [1.807, 2.05) is 0 Å². The molecule has 0 aliphatic rings. The highest BCUT2D eigenvalue weighted by atomic mass is 35.5. The maximum absolute atomic E-state index is 12.1. The molecule has 2 heterocycles. The second-order valence-corrected chi connectivity index (χ2v) is 6.06. The molecule has 0 aliphatic carbocycles. The predicted molar refractivity (Wildman–Crippen MR) is 96.7 cm³/mol. The highest BCUT2D eigenvalue weighted by Gasteiger charge is 2.17. The minimum Gasteiger partial charge on any atom is -0.484 e. The van der Waals surface area contributed by atoms with Gasteiger partial charge in [0, 0.05) is 0 Å². The number of methoxy groups -OCH3 is 1. The number of aromatic nitrogens is 3. The molecule has 3 rings (SSSR count). The summed E-state index contributed by atoms with van der Waals surface area (Å²) in [4.78, 5) is 34.7. The number of ether oxygens (including phenoxy) is 2. The summed E-state index contributed by atoms with van der Waals surface area (Å²) in [5.41, 5.74) is 1.14. The summed E-state index contributed by atoms with van der Waals surface area (Å²) < 4.78 is 10.5. The van der Waals surface area contributed by atoms with Gasteiger partial charge in [-0.3, -0.25) is 4.79 Å². The molecule has 1 atom stereocenters. The summed E-state index contributed by atoms with van der Waals surface area (Å²) in [7, 11) is 1.32. The van der Waals surface area contributed by atoms with Crippen molar-refractivity contribution in [2.75, 3.05) is 7.11 Å². The molecule has 0 fully saturated rings. The van der Waals surface area contributed by atoms with Gasteiger partial charge in [0.2, 0.25) is 0 Å². The Morgan fingerprint density at radius 2 is 1.92 bits per heavy atom. The van der Waals surface area contributed by atoms with Gasteiger partial charge in [-0.1, -0.05) is 11.6 Å². The number of hydrogen-bond donors (Lipinski definition) is 1. The Bertz CT molecular complexity index is 1030. The van der Waals surface area contributed by atoms with E-state index in [9.17, 15) is 9.59 Å². The number of aromatic amines is 1. The van der Waals surface area contributed by atoms with Crippen LogP contribution in [0.15, 0.2) is 35.1 Å². The first-order valence-electron chi connectivity index (χ1n) is 7.81. The summed E-state index contributed by atoms with van der Waals surface area (Å²) in [6.07, 6.45) is -0.517. The molecule has 134 valence electrons. The van der Waals surface area contributed by atoms with Crippen LogP contribution < -0.4 is 10.3 Å². The van der Waals surface area contributed by atoms with E-state index in [-0.39, 0.29) is 11.1 Å². The highest BCUT2D eigenvalue weighted by Crippen LogP contribution is 2.27. The SMILES string of the molecule is COC(=O)c1ccc(OC(C)c2nc3c(=O)[nH]c(C)nc3cc2Cl)cc1. The number of H-pyrrole nitrogens is 1. The van der Waals surface area contributed by atoms with Crippen LogP contribution >= 0.6 is 11.6 Å². The number of rotatable bonds is 4. The van der Waals surface area contributed by atoms with Gasteiger partial charge in [-0.15, -0.1) is 0 Å². The number of nitrogens with zero attached hydrogens (tertiary/aromatic N) is 2. The van der Waals surface area contributed by atoms with Gasteiger partial charge >= 0.3 is 5.97 Å². The monoisotopic (exact) mass is 373 g/mol. The van der Waals surface area contributed by atoms with Crippen molar-refractivity contribution in [3.05, 3.63) is 62.8 Å². The number of halogens is 1. The fourth-order valence-electron chi connectivity index (χ4n) is 2.51. The maximum Gasteiger partial charge on any atom is 0.337 e. The maximum atomic E-state index is 12.1. The van der Waals surface area contributed by atoms with Crippen LogP contribution in [0.4, 0.5) is 0 Å². The zero-order valence-corrected chi connectivity index (χ0v) is 15.1. The van der Waals surface area contributed by atoms with Crippen LogP contribution in [0.5, 0.6) is 5.75 Å². The standard InChI is InChI=1S/C18H16ClN3O4/c1-9(26-12-6-4-11(5-7-12)18(24)25-3)15-13(19)8-14-16(22-15)17(23)21-10(2)20-14/h4-9H,1-3H3,(H,20,21,23). The van der Waals surface area contributed by atoms with E-state index in [2.05, 4.69) is 19.7 Å². The first-order chi connectivity index (χ1) is 12.4. The van der Waals surface area contributed by atoms with Gasteiger partial charge in [0.25, 0.3) is 5.56 Å². The van der Waals surface area contributed by atoms with Gasteiger partial charge in [0.1, 0.15) is 23.4 Å². The third-order valence-corrected chi connectivity index (χ3v) is 4.06. The Balaban J connectivity index is 1.90. The van der Waals surface area contributed by atoms with Crippen molar-refractivity contribution in [2.45, 2.75) is 20.0 Å². The number of nitrogens with one attached hydrogen (secondary N) is 1. The fourth-order valence-corrected chi connectivity index (χ4v) is 2.81. The van der Waals surface area contributed by atoms with Crippen molar-refractivity contribution in [3.8, 4) is 5.75 Å². The molecule has 3 aromatic rings. The van der Waals surface area contributed by atoms with E-state index in [4.69, 9.17) is 16.3 Å². The van der Waals surface area contributed by atoms with Crippen molar-refractivity contribution in [1.82, 2.24) is 15.0 Å². The Morgan fingerprint density at radius 1 is 1.23 bits per heavy atom. The van der Waals surface area contributed by atoms with Crippen LogP contribution in [-0.4, -0.2) is 28.0 Å². The molecule has 1 unspecified atom stereocenters. The lowest BCUT2D eigenvalue weighted by atomic mass is 10.2. The molecule has 8 heteroatoms. The zero-order chi connectivity index (χ0) is 18.8. The van der Waals surface area contributed by atoms with Crippen molar-refractivity contribution < 1.29 is 14.3 Å². The van der Waals surface area contributed by atoms with Crippen LogP contribution in [0.1, 0.15) is 34.9 Å². The third-order valence-electron chi connectivity index (χ3n) is 3.75. The molecule has 0 amide bonds. The summed E-state index contributed by atoms with van der Waals surface area (Å²) >= 11 is 6.30. The largest absolute Gasteiger partial charge is 0.484 e. The topological polar surface area (TPSA) is 94.2 Å². The van der Waals surface area contributed by atoms with Crippen LogP contribution in [0.2, 0.25) is 5.02 Å². The van der Waals surface area contributed by atoms with E-state index >= 15 is 0 Å². The van der Waals surface area contributed by atoms with E-state index < -0.39 is 12.1 Å². The zero-order valence-electron chi connectivity index (χ0n) is 14.4. The fraction of sp³-hybridized carbons (Fsp3) is 0.222. The van der Waals surface area contributed by atoms with Gasteiger partial charge in [-0.05, 0) is 44.2 Å². The Labute approximate surface area is 154 Å². The molecule has 2 aromatic heterocycles. The predicted octanol–water partition coefficient (Wildman–Crippen LogP) is 3.21. The molecule has 0 radical (unpaired) electrons. The van der Waals surface area contributed by atoms with Crippen LogP contribution in [0.25, 0.3) is 11.0 Å². The quantitative estimate of drug-likeness (QED) is 0.706. The normalized spacial score (nSPS) is 12.0. The van der Waals surface area contributed by atoms with Crippen molar-refractivity contribution in [2.24, 2.45) is 0 Å². The molecule has 0 saturated carbocycles. The third kappa shape index (κ3) is 3.52. The molecule has 1 N–H and O–H groups in total. The van der Waals surface area contributed by atoms with Gasteiger partial charge in [0.05, 0.1) is 23.2 Å². The number of carbonyl (C=O) groups excluding carboxylic acids is 1. The van der Waals surface area contributed by atoms with Crippen LogP contribution in [-0.2, 0) is 4.74 Å². The van der Waals surface area contributed by atoms with Crippen LogP contribution in [0.3, 0.4) is 0 Å². The second-order valence-electron chi connectivity index (χ2n) is 5.65. The molecular weight excluding hydrogens is 358 g/mol. The number of esters is 1. The highest BCUT2D eigenvalue weighted by molar-refractivity contribution is 6.31. The van der Waals surface area contributed by atoms with Gasteiger partial charge in [0.15, 0.2) is 5.52 Å². The minimum absolute atomic E-state index is 0.200. The Hall–Kier alpha value is -2.93. The van der Waals surface area contributed by atoms with Crippen molar-refractivity contribution >= 4 is 28.6 Å². The summed E-state index contributed by atoms with van der Waals surface area (Å²) in [5.74, 6) is 0.591. The molecule has 7 nitrogen and oxygen atoms in total. The molecular formula is C18H16ClN3O4. The van der Waals surface area contributed by atoms with E-state index in [1.165, 1.54) is 7.11 Å². The number of benzene rings is 1. The lowest BCUT2D eigenvalue weighted by Crippen LogP contribution is -2.14. The molecule has 1 aromatic carbocycles. The first-order valence-corrected chi connectivity index (χ1v) is 8.19. The number of fused-ring (bicyclic) bond motifs is 1. The average molecular weight is 374 g/mol. The summed E-state index contributed by atoms with van der Waals surface area (Å²) in [6, 6.07) is 8.09. The van der Waals surface area contributed by atoms with E-state index in [0.717, 1.165) is 0 Å². The van der Waals surface area contributed by atoms with Crippen molar-refractivity contribution in [1.29, 1.82) is 0 Å². The van der Waals surface area contributed by atoms with Gasteiger partial charge in [-0.2, -0.15) is 0 Å². The second kappa shape index (κ2) is 7.13. The number of carbonyl (C=O) groups is 1. The lowest BCUT2D eigenvalue weighted by Gasteiger charge is -2.16. The van der Waals surface area contributed by atoms with Crippen molar-refractivity contribution in [3.63, 3.8) is 0 Å². The Kier molecular flexibility index (Phi) is 4.90. The molecule has 0 aliphatic heterocycles. The number of pyridine rings is 1. The summed E-state index contributed by atoms with van der Waals surface area (Å²) in [5, 5.41) is 0.355. The molecule has 0 saturated heterocycles. The minimum atomic E-state index is -0.517.